The van der Waals surface area contributed by atoms with Crippen LogP contribution in [0.3, 0.4) is 0 Å². The molecule has 0 atom stereocenters. The minimum atomic E-state index is -0.222. The number of nitrogens with one attached hydrogen (secondary N) is 2. The monoisotopic (exact) mass is 302 g/mol. The molecule has 1 aromatic heterocycles. The summed E-state index contributed by atoms with van der Waals surface area (Å²) in [7, 11) is 0. The van der Waals surface area contributed by atoms with Gasteiger partial charge in [0.05, 0.1) is 19.4 Å². The Balaban J connectivity index is 1.79. The maximum Gasteiger partial charge on any atom is 0.315 e. The van der Waals surface area contributed by atoms with E-state index in [9.17, 15) is 4.79 Å². The van der Waals surface area contributed by atoms with Gasteiger partial charge in [-0.1, -0.05) is 31.2 Å². The summed E-state index contributed by atoms with van der Waals surface area (Å²) in [5, 5.41) is 5.60. The van der Waals surface area contributed by atoms with E-state index in [1.807, 2.05) is 30.3 Å². The van der Waals surface area contributed by atoms with E-state index >= 15 is 0 Å². The molecule has 2 amide bonds. The van der Waals surface area contributed by atoms with Crippen molar-refractivity contribution in [1.29, 1.82) is 0 Å². The molecule has 0 unspecified atom stereocenters. The van der Waals surface area contributed by atoms with Crippen molar-refractivity contribution in [3.05, 3.63) is 59.5 Å². The average molecular weight is 302 g/mol. The lowest BCUT2D eigenvalue weighted by atomic mass is 10.1. The molecule has 2 aromatic rings. The Labute approximate surface area is 130 Å². The first-order valence-corrected chi connectivity index (χ1v) is 7.48. The highest BCUT2D eigenvalue weighted by molar-refractivity contribution is 5.73. The van der Waals surface area contributed by atoms with Crippen LogP contribution in [0.1, 0.15) is 30.2 Å². The fourth-order valence-corrected chi connectivity index (χ4v) is 2.02. The molecule has 0 radical (unpaired) electrons. The second-order valence-electron chi connectivity index (χ2n) is 4.94. The van der Waals surface area contributed by atoms with Gasteiger partial charge in [-0.25, -0.2) is 4.79 Å². The van der Waals surface area contributed by atoms with Gasteiger partial charge in [-0.3, -0.25) is 0 Å². The number of hydrogen-bond acceptors (Lipinski definition) is 3. The summed E-state index contributed by atoms with van der Waals surface area (Å²) in [6.45, 7) is 4.23. The highest BCUT2D eigenvalue weighted by Gasteiger charge is 2.05. The smallest absolute Gasteiger partial charge is 0.315 e. The molecule has 2 rings (SSSR count). The van der Waals surface area contributed by atoms with Gasteiger partial charge in [-0.15, -0.1) is 0 Å². The Morgan fingerprint density at radius 1 is 1.09 bits per heavy atom. The lowest BCUT2D eigenvalue weighted by Gasteiger charge is -2.11. The molecular weight excluding hydrogens is 280 g/mol. The highest BCUT2D eigenvalue weighted by atomic mass is 16.5. The van der Waals surface area contributed by atoms with Crippen LogP contribution in [0.25, 0.3) is 0 Å². The molecule has 1 aromatic carbocycles. The quantitative estimate of drug-likeness (QED) is 0.736. The van der Waals surface area contributed by atoms with E-state index in [0.717, 1.165) is 29.9 Å². The molecule has 0 aliphatic heterocycles. The Morgan fingerprint density at radius 2 is 1.86 bits per heavy atom. The molecule has 5 nitrogen and oxygen atoms in total. The van der Waals surface area contributed by atoms with E-state index in [0.29, 0.717) is 19.7 Å². The number of carbonyl (C=O) groups is 1. The SMILES string of the molecule is CCCOCc1ccccc1CNC(=O)NCc1ccco1. The predicted octanol–water partition coefficient (Wildman–Crippen LogP) is 3.21. The minimum absolute atomic E-state index is 0.222. The molecule has 1 heterocycles. The Kier molecular flexibility index (Phi) is 6.51. The molecule has 0 spiro atoms. The normalized spacial score (nSPS) is 10.4. The molecule has 2 N–H and O–H groups in total. The van der Waals surface area contributed by atoms with Crippen LogP contribution in [-0.4, -0.2) is 12.6 Å². The van der Waals surface area contributed by atoms with Crippen molar-refractivity contribution < 1.29 is 13.9 Å². The molecule has 0 aliphatic rings. The standard InChI is InChI=1S/C17H22N2O3/c1-2-9-21-13-15-7-4-3-6-14(15)11-18-17(20)19-12-16-8-5-10-22-16/h3-8,10H,2,9,11-13H2,1H3,(H2,18,19,20). The fraction of sp³-hybridized carbons (Fsp3) is 0.353. The number of carbonyl (C=O) groups excluding carboxylic acids is 1. The van der Waals surface area contributed by atoms with Gasteiger partial charge in [0.1, 0.15) is 5.76 Å². The van der Waals surface area contributed by atoms with Crippen molar-refractivity contribution in [3.63, 3.8) is 0 Å². The lowest BCUT2D eigenvalue weighted by molar-refractivity contribution is 0.121. The van der Waals surface area contributed by atoms with Gasteiger partial charge < -0.3 is 19.8 Å². The molecule has 0 saturated heterocycles. The van der Waals surface area contributed by atoms with Crippen molar-refractivity contribution in [3.8, 4) is 0 Å². The Hall–Kier alpha value is -2.27. The van der Waals surface area contributed by atoms with E-state index in [-0.39, 0.29) is 6.03 Å². The van der Waals surface area contributed by atoms with Crippen molar-refractivity contribution in [1.82, 2.24) is 10.6 Å². The summed E-state index contributed by atoms with van der Waals surface area (Å²) >= 11 is 0. The molecule has 0 fully saturated rings. The van der Waals surface area contributed by atoms with Crippen molar-refractivity contribution in [2.45, 2.75) is 33.0 Å². The number of urea groups is 1. The topological polar surface area (TPSA) is 63.5 Å². The fourth-order valence-electron chi connectivity index (χ4n) is 2.02. The largest absolute Gasteiger partial charge is 0.467 e. The third kappa shape index (κ3) is 5.26. The summed E-state index contributed by atoms with van der Waals surface area (Å²) in [5.74, 6) is 0.725. The van der Waals surface area contributed by atoms with E-state index in [1.54, 1.807) is 12.3 Å². The molecular formula is C17H22N2O3. The summed E-state index contributed by atoms with van der Waals surface area (Å²) in [6.07, 6.45) is 2.58. The molecule has 5 heteroatoms. The zero-order valence-electron chi connectivity index (χ0n) is 12.8. The van der Waals surface area contributed by atoms with Gasteiger partial charge in [0.2, 0.25) is 0 Å². The number of rotatable bonds is 8. The van der Waals surface area contributed by atoms with Crippen LogP contribution in [0.5, 0.6) is 0 Å². The molecule has 0 saturated carbocycles. The Morgan fingerprint density at radius 3 is 2.59 bits per heavy atom. The van der Waals surface area contributed by atoms with Gasteiger partial charge in [0.25, 0.3) is 0 Å². The summed E-state index contributed by atoms with van der Waals surface area (Å²) in [6, 6.07) is 11.3. The molecule has 118 valence electrons. The number of furan rings is 1. The molecule has 0 aliphatic carbocycles. The van der Waals surface area contributed by atoms with Gasteiger partial charge in [0, 0.05) is 13.2 Å². The number of ether oxygens (including phenoxy) is 1. The highest BCUT2D eigenvalue weighted by Crippen LogP contribution is 2.10. The minimum Gasteiger partial charge on any atom is -0.467 e. The van der Waals surface area contributed by atoms with E-state index in [2.05, 4.69) is 17.6 Å². The summed E-state index contributed by atoms with van der Waals surface area (Å²) in [5.41, 5.74) is 2.16. The zero-order chi connectivity index (χ0) is 15.6. The maximum atomic E-state index is 11.8. The molecule has 22 heavy (non-hydrogen) atoms. The van der Waals surface area contributed by atoms with Crippen LogP contribution in [0.2, 0.25) is 0 Å². The van der Waals surface area contributed by atoms with Crippen molar-refractivity contribution in [2.75, 3.05) is 6.61 Å². The first-order chi connectivity index (χ1) is 10.8. The van der Waals surface area contributed by atoms with Gasteiger partial charge in [-0.2, -0.15) is 0 Å². The number of benzene rings is 1. The second-order valence-corrected chi connectivity index (χ2v) is 4.94. The van der Waals surface area contributed by atoms with Crippen LogP contribution < -0.4 is 10.6 Å². The van der Waals surface area contributed by atoms with E-state index < -0.39 is 0 Å². The van der Waals surface area contributed by atoms with Crippen molar-refractivity contribution in [2.24, 2.45) is 0 Å². The zero-order valence-corrected chi connectivity index (χ0v) is 12.8. The van der Waals surface area contributed by atoms with Gasteiger partial charge in [0.15, 0.2) is 0 Å². The maximum absolute atomic E-state index is 11.8. The first-order valence-electron chi connectivity index (χ1n) is 7.48. The summed E-state index contributed by atoms with van der Waals surface area (Å²) < 4.78 is 10.7. The third-order valence-corrected chi connectivity index (χ3v) is 3.17. The second kappa shape index (κ2) is 8.89. The van der Waals surface area contributed by atoms with E-state index in [1.165, 1.54) is 0 Å². The summed E-state index contributed by atoms with van der Waals surface area (Å²) in [4.78, 5) is 11.8. The van der Waals surface area contributed by atoms with Gasteiger partial charge in [-0.05, 0) is 29.7 Å². The molecule has 0 bridgehead atoms. The van der Waals surface area contributed by atoms with Crippen LogP contribution in [0.4, 0.5) is 4.79 Å². The predicted molar refractivity (Wildman–Crippen MR) is 84.2 cm³/mol. The van der Waals surface area contributed by atoms with Gasteiger partial charge >= 0.3 is 6.03 Å². The van der Waals surface area contributed by atoms with Crippen LogP contribution in [0.15, 0.2) is 47.1 Å². The number of amides is 2. The first kappa shape index (κ1) is 16.1. The van der Waals surface area contributed by atoms with Crippen LogP contribution in [0, 0.1) is 0 Å². The van der Waals surface area contributed by atoms with Crippen molar-refractivity contribution >= 4 is 6.03 Å². The van der Waals surface area contributed by atoms with Crippen LogP contribution >= 0.6 is 0 Å². The van der Waals surface area contributed by atoms with E-state index in [4.69, 9.17) is 9.15 Å². The third-order valence-electron chi connectivity index (χ3n) is 3.17. The number of hydrogen-bond donors (Lipinski definition) is 2. The lowest BCUT2D eigenvalue weighted by Crippen LogP contribution is -2.34. The Bertz CT molecular complexity index is 567. The average Bonchev–Trinajstić information content (AvgIpc) is 3.05. The van der Waals surface area contributed by atoms with Crippen LogP contribution in [-0.2, 0) is 24.4 Å².